The van der Waals surface area contributed by atoms with Crippen molar-refractivity contribution in [3.63, 3.8) is 0 Å². The summed E-state index contributed by atoms with van der Waals surface area (Å²) < 4.78 is 5.36. The number of nitrogens with one attached hydrogen (secondary N) is 1. The largest absolute Gasteiger partial charge is 0.461 e. The van der Waals surface area contributed by atoms with Crippen LogP contribution in [0.1, 0.15) is 24.8 Å². The van der Waals surface area contributed by atoms with Crippen molar-refractivity contribution >= 4 is 5.97 Å². The molecule has 0 amide bonds. The summed E-state index contributed by atoms with van der Waals surface area (Å²) in [5, 5.41) is 3.30. The number of rotatable bonds is 3. The lowest BCUT2D eigenvalue weighted by Gasteiger charge is -2.12. The zero-order chi connectivity index (χ0) is 11.9. The fourth-order valence-electron chi connectivity index (χ4n) is 2.10. The molecule has 0 spiro atoms. The second-order valence-electron chi connectivity index (χ2n) is 4.47. The first-order valence-electron chi connectivity index (χ1n) is 6.27. The van der Waals surface area contributed by atoms with Crippen molar-refractivity contribution < 1.29 is 9.53 Å². The van der Waals surface area contributed by atoms with Crippen LogP contribution in [0.4, 0.5) is 0 Å². The van der Waals surface area contributed by atoms with Gasteiger partial charge in [0.15, 0.2) is 0 Å². The van der Waals surface area contributed by atoms with Crippen LogP contribution >= 0.6 is 0 Å². The van der Waals surface area contributed by atoms with Gasteiger partial charge in [0, 0.05) is 0 Å². The molecule has 1 aromatic rings. The average molecular weight is 233 g/mol. The second-order valence-corrected chi connectivity index (χ2v) is 4.47. The van der Waals surface area contributed by atoms with Gasteiger partial charge in [-0.25, -0.2) is 0 Å². The maximum Gasteiger partial charge on any atom is 0.309 e. The molecule has 0 bridgehead atoms. The van der Waals surface area contributed by atoms with Crippen LogP contribution in [-0.4, -0.2) is 19.1 Å². The quantitative estimate of drug-likeness (QED) is 0.813. The number of carbonyl (C=O) groups excluding carboxylic acids is 1. The number of ether oxygens (including phenoxy) is 1. The van der Waals surface area contributed by atoms with Crippen LogP contribution in [0.25, 0.3) is 0 Å². The van der Waals surface area contributed by atoms with Crippen LogP contribution in [0.5, 0.6) is 0 Å². The van der Waals surface area contributed by atoms with Crippen LogP contribution in [0.2, 0.25) is 0 Å². The Morgan fingerprint density at radius 2 is 2.06 bits per heavy atom. The van der Waals surface area contributed by atoms with Crippen LogP contribution in [0, 0.1) is 5.92 Å². The summed E-state index contributed by atoms with van der Waals surface area (Å²) in [6, 6.07) is 9.82. The Labute approximate surface area is 102 Å². The van der Waals surface area contributed by atoms with E-state index >= 15 is 0 Å². The third-order valence-corrected chi connectivity index (χ3v) is 3.13. The topological polar surface area (TPSA) is 38.3 Å². The number of esters is 1. The van der Waals surface area contributed by atoms with Crippen molar-refractivity contribution in [2.45, 2.75) is 25.9 Å². The number of hydrogen-bond donors (Lipinski definition) is 1. The van der Waals surface area contributed by atoms with Crippen LogP contribution < -0.4 is 5.32 Å². The minimum atomic E-state index is -0.0439. The lowest BCUT2D eigenvalue weighted by Crippen LogP contribution is -2.19. The third-order valence-electron chi connectivity index (χ3n) is 3.13. The standard InChI is InChI=1S/C14H19NO2/c16-14(13-7-4-9-15-10-8-13)17-11-12-5-2-1-3-6-12/h1-3,5-6,13,15H,4,7-11H2. The minimum absolute atomic E-state index is 0.0439. The Morgan fingerprint density at radius 3 is 2.88 bits per heavy atom. The summed E-state index contributed by atoms with van der Waals surface area (Å²) in [7, 11) is 0. The summed E-state index contributed by atoms with van der Waals surface area (Å²) >= 11 is 0. The van der Waals surface area contributed by atoms with Gasteiger partial charge in [0.1, 0.15) is 6.61 Å². The maximum absolute atomic E-state index is 11.9. The van der Waals surface area contributed by atoms with Crippen molar-refractivity contribution in [2.75, 3.05) is 13.1 Å². The second kappa shape index (κ2) is 6.40. The molecular formula is C14H19NO2. The fourth-order valence-corrected chi connectivity index (χ4v) is 2.10. The molecule has 1 aliphatic rings. The van der Waals surface area contributed by atoms with Crippen LogP contribution in [0.3, 0.4) is 0 Å². The highest BCUT2D eigenvalue weighted by Crippen LogP contribution is 2.16. The molecule has 1 saturated heterocycles. The van der Waals surface area contributed by atoms with E-state index in [1.54, 1.807) is 0 Å². The summed E-state index contributed by atoms with van der Waals surface area (Å²) in [6.07, 6.45) is 2.90. The molecule has 1 atom stereocenters. The Hall–Kier alpha value is -1.35. The van der Waals surface area contributed by atoms with Crippen molar-refractivity contribution in [1.29, 1.82) is 0 Å². The molecule has 2 rings (SSSR count). The monoisotopic (exact) mass is 233 g/mol. The average Bonchev–Trinajstić information content (AvgIpc) is 2.66. The van der Waals surface area contributed by atoms with Gasteiger partial charge in [0.25, 0.3) is 0 Å². The number of carbonyl (C=O) groups is 1. The summed E-state index contributed by atoms with van der Waals surface area (Å²) in [5.74, 6) is 0.0336. The van der Waals surface area contributed by atoms with E-state index in [1.165, 1.54) is 0 Å². The van der Waals surface area contributed by atoms with Gasteiger partial charge >= 0.3 is 5.97 Å². The first-order valence-corrected chi connectivity index (χ1v) is 6.27. The molecule has 1 unspecified atom stereocenters. The molecule has 92 valence electrons. The predicted molar refractivity (Wildman–Crippen MR) is 66.4 cm³/mol. The van der Waals surface area contributed by atoms with Crippen LogP contribution in [-0.2, 0) is 16.1 Å². The van der Waals surface area contributed by atoms with Gasteiger partial charge in [-0.2, -0.15) is 0 Å². The van der Waals surface area contributed by atoms with Gasteiger partial charge in [0.2, 0.25) is 0 Å². The highest BCUT2D eigenvalue weighted by atomic mass is 16.5. The van der Waals surface area contributed by atoms with Gasteiger partial charge in [-0.3, -0.25) is 4.79 Å². The van der Waals surface area contributed by atoms with E-state index in [1.807, 2.05) is 30.3 Å². The smallest absolute Gasteiger partial charge is 0.309 e. The van der Waals surface area contributed by atoms with Crippen molar-refractivity contribution in [3.8, 4) is 0 Å². The Bertz CT molecular complexity index is 342. The lowest BCUT2D eigenvalue weighted by atomic mass is 10.0. The molecular weight excluding hydrogens is 214 g/mol. The molecule has 1 aromatic carbocycles. The lowest BCUT2D eigenvalue weighted by molar-refractivity contribution is -0.150. The molecule has 1 aliphatic heterocycles. The Kier molecular flexibility index (Phi) is 4.56. The van der Waals surface area contributed by atoms with E-state index in [0.29, 0.717) is 6.61 Å². The normalized spacial score (nSPS) is 20.6. The van der Waals surface area contributed by atoms with E-state index in [0.717, 1.165) is 37.9 Å². The highest BCUT2D eigenvalue weighted by Gasteiger charge is 2.21. The molecule has 17 heavy (non-hydrogen) atoms. The number of benzene rings is 1. The molecule has 3 nitrogen and oxygen atoms in total. The Balaban J connectivity index is 1.80. The van der Waals surface area contributed by atoms with E-state index < -0.39 is 0 Å². The predicted octanol–water partition coefficient (Wildman–Crippen LogP) is 2.12. The SMILES string of the molecule is O=C(OCc1ccccc1)C1CCCNCC1. The highest BCUT2D eigenvalue weighted by molar-refractivity contribution is 5.72. The van der Waals surface area contributed by atoms with Crippen molar-refractivity contribution in [3.05, 3.63) is 35.9 Å². The summed E-state index contributed by atoms with van der Waals surface area (Å²) in [6.45, 7) is 2.33. The molecule has 1 heterocycles. The van der Waals surface area contributed by atoms with Gasteiger partial charge in [-0.05, 0) is 37.9 Å². The zero-order valence-corrected chi connectivity index (χ0v) is 10.0. The molecule has 3 heteroatoms. The van der Waals surface area contributed by atoms with Gasteiger partial charge < -0.3 is 10.1 Å². The van der Waals surface area contributed by atoms with Gasteiger partial charge in [-0.1, -0.05) is 30.3 Å². The van der Waals surface area contributed by atoms with Crippen LogP contribution in [0.15, 0.2) is 30.3 Å². The Morgan fingerprint density at radius 1 is 1.24 bits per heavy atom. The van der Waals surface area contributed by atoms with E-state index in [9.17, 15) is 4.79 Å². The molecule has 1 fully saturated rings. The molecule has 0 radical (unpaired) electrons. The molecule has 1 N–H and O–H groups in total. The van der Waals surface area contributed by atoms with Gasteiger partial charge in [0.05, 0.1) is 5.92 Å². The molecule has 0 aliphatic carbocycles. The first-order chi connectivity index (χ1) is 8.36. The van der Waals surface area contributed by atoms with Gasteiger partial charge in [-0.15, -0.1) is 0 Å². The molecule has 0 aromatic heterocycles. The van der Waals surface area contributed by atoms with Crippen molar-refractivity contribution in [1.82, 2.24) is 5.32 Å². The van der Waals surface area contributed by atoms with E-state index in [-0.39, 0.29) is 11.9 Å². The maximum atomic E-state index is 11.9. The number of hydrogen-bond acceptors (Lipinski definition) is 3. The van der Waals surface area contributed by atoms with E-state index in [2.05, 4.69) is 5.32 Å². The minimum Gasteiger partial charge on any atom is -0.461 e. The van der Waals surface area contributed by atoms with E-state index in [4.69, 9.17) is 4.74 Å². The summed E-state index contributed by atoms with van der Waals surface area (Å²) in [5.41, 5.74) is 1.05. The first kappa shape index (κ1) is 12.1. The third kappa shape index (κ3) is 3.86. The fraction of sp³-hybridized carbons (Fsp3) is 0.500. The van der Waals surface area contributed by atoms with Crippen molar-refractivity contribution in [2.24, 2.45) is 5.92 Å². The zero-order valence-electron chi connectivity index (χ0n) is 10.0. The molecule has 0 saturated carbocycles. The summed E-state index contributed by atoms with van der Waals surface area (Å²) in [4.78, 5) is 11.9.